The fourth-order valence-electron chi connectivity index (χ4n) is 3.13. The molecule has 1 aromatic heterocycles. The zero-order valence-corrected chi connectivity index (χ0v) is 16.8. The van der Waals surface area contributed by atoms with E-state index in [2.05, 4.69) is 20.6 Å². The fourth-order valence-corrected chi connectivity index (χ4v) is 3.26. The van der Waals surface area contributed by atoms with E-state index in [-0.39, 0.29) is 5.91 Å². The first-order chi connectivity index (χ1) is 14.0. The summed E-state index contributed by atoms with van der Waals surface area (Å²) in [6, 6.07) is 18.7. The van der Waals surface area contributed by atoms with Crippen LogP contribution in [0.5, 0.6) is 0 Å². The zero-order chi connectivity index (χ0) is 20.4. The standard InChI is InChI=1S/C23H19ClN4O/c1-14-3-4-16(22(29)27-19-8-6-18(24)7-9-19)12-20(14)15-5-10-21-17(11-15)13-26-23(25-2)28-21/h3-13H,1-2H3,(H,27,29)(H,25,26,28). The van der Waals surface area contributed by atoms with E-state index in [9.17, 15) is 4.79 Å². The molecule has 0 fully saturated rings. The SMILES string of the molecule is CNc1ncc2cc(-c3cc(C(=O)Nc4ccc(Cl)cc4)ccc3C)ccc2n1. The molecular weight excluding hydrogens is 384 g/mol. The van der Waals surface area contributed by atoms with E-state index in [0.29, 0.717) is 22.2 Å². The van der Waals surface area contributed by atoms with E-state index >= 15 is 0 Å². The Morgan fingerprint density at radius 1 is 1.00 bits per heavy atom. The number of nitrogens with one attached hydrogen (secondary N) is 2. The first kappa shape index (κ1) is 18.9. The second-order valence-corrected chi connectivity index (χ2v) is 7.14. The maximum Gasteiger partial charge on any atom is 0.255 e. The number of amides is 1. The van der Waals surface area contributed by atoms with E-state index in [1.54, 1.807) is 37.5 Å². The van der Waals surface area contributed by atoms with Crippen LogP contribution in [-0.4, -0.2) is 22.9 Å². The number of hydrogen-bond donors (Lipinski definition) is 2. The van der Waals surface area contributed by atoms with E-state index in [1.807, 2.05) is 43.3 Å². The van der Waals surface area contributed by atoms with Crippen LogP contribution in [0, 0.1) is 6.92 Å². The number of carbonyl (C=O) groups excluding carboxylic acids is 1. The Balaban J connectivity index is 1.66. The molecular formula is C23H19ClN4O. The molecule has 0 spiro atoms. The van der Waals surface area contributed by atoms with Gasteiger partial charge in [-0.05, 0) is 72.1 Å². The lowest BCUT2D eigenvalue weighted by Crippen LogP contribution is -2.12. The van der Waals surface area contributed by atoms with Crippen molar-refractivity contribution in [2.24, 2.45) is 0 Å². The highest BCUT2D eigenvalue weighted by molar-refractivity contribution is 6.30. The lowest BCUT2D eigenvalue weighted by atomic mass is 9.97. The van der Waals surface area contributed by atoms with E-state index in [4.69, 9.17) is 11.6 Å². The number of hydrogen-bond acceptors (Lipinski definition) is 4. The van der Waals surface area contributed by atoms with Gasteiger partial charge in [0.1, 0.15) is 0 Å². The van der Waals surface area contributed by atoms with Crippen LogP contribution in [0.2, 0.25) is 5.02 Å². The molecule has 2 N–H and O–H groups in total. The molecule has 0 bridgehead atoms. The quantitative estimate of drug-likeness (QED) is 0.469. The maximum atomic E-state index is 12.7. The Kier molecular flexibility index (Phi) is 5.14. The third kappa shape index (κ3) is 4.05. The predicted octanol–water partition coefficient (Wildman–Crippen LogP) is 5.55. The Hall–Kier alpha value is -3.44. The van der Waals surface area contributed by atoms with Gasteiger partial charge in [-0.15, -0.1) is 0 Å². The number of nitrogens with zero attached hydrogens (tertiary/aromatic N) is 2. The molecule has 144 valence electrons. The monoisotopic (exact) mass is 402 g/mol. The number of fused-ring (bicyclic) bond motifs is 1. The van der Waals surface area contributed by atoms with Gasteiger partial charge in [-0.1, -0.05) is 23.7 Å². The van der Waals surface area contributed by atoms with Crippen molar-refractivity contribution < 1.29 is 4.79 Å². The van der Waals surface area contributed by atoms with Gasteiger partial charge < -0.3 is 10.6 Å². The Morgan fingerprint density at radius 3 is 2.55 bits per heavy atom. The van der Waals surface area contributed by atoms with Crippen LogP contribution < -0.4 is 10.6 Å². The van der Waals surface area contributed by atoms with Gasteiger partial charge in [0.2, 0.25) is 5.95 Å². The van der Waals surface area contributed by atoms with Crippen LogP contribution in [0.25, 0.3) is 22.0 Å². The summed E-state index contributed by atoms with van der Waals surface area (Å²) in [4.78, 5) is 21.4. The van der Waals surface area contributed by atoms with Crippen LogP contribution in [0.3, 0.4) is 0 Å². The lowest BCUT2D eigenvalue weighted by Gasteiger charge is -2.11. The van der Waals surface area contributed by atoms with Crippen LogP contribution in [0.1, 0.15) is 15.9 Å². The molecule has 0 aliphatic heterocycles. The van der Waals surface area contributed by atoms with Gasteiger partial charge >= 0.3 is 0 Å². The summed E-state index contributed by atoms with van der Waals surface area (Å²) in [5, 5.41) is 7.41. The molecule has 0 atom stereocenters. The summed E-state index contributed by atoms with van der Waals surface area (Å²) < 4.78 is 0. The molecule has 0 aliphatic rings. The number of benzene rings is 3. The predicted molar refractivity (Wildman–Crippen MR) is 119 cm³/mol. The van der Waals surface area contributed by atoms with Crippen LogP contribution in [0.15, 0.2) is 66.9 Å². The molecule has 0 radical (unpaired) electrons. The second kappa shape index (κ2) is 7.89. The first-order valence-corrected chi connectivity index (χ1v) is 9.54. The minimum absolute atomic E-state index is 0.170. The maximum absolute atomic E-state index is 12.7. The van der Waals surface area contributed by atoms with Crippen molar-refractivity contribution in [2.75, 3.05) is 17.7 Å². The topological polar surface area (TPSA) is 66.9 Å². The van der Waals surface area contributed by atoms with E-state index in [1.165, 1.54) is 0 Å². The minimum atomic E-state index is -0.170. The lowest BCUT2D eigenvalue weighted by molar-refractivity contribution is 0.102. The first-order valence-electron chi connectivity index (χ1n) is 9.16. The molecule has 0 saturated heterocycles. The normalized spacial score (nSPS) is 10.7. The molecule has 6 heteroatoms. The summed E-state index contributed by atoms with van der Waals surface area (Å²) in [7, 11) is 1.79. The molecule has 1 heterocycles. The smallest absolute Gasteiger partial charge is 0.255 e. The van der Waals surface area contributed by atoms with E-state index < -0.39 is 0 Å². The Bertz CT molecular complexity index is 1210. The third-order valence-corrected chi connectivity index (χ3v) is 4.97. The number of halogens is 1. The van der Waals surface area contributed by atoms with Crippen LogP contribution in [-0.2, 0) is 0 Å². The van der Waals surface area contributed by atoms with Crippen molar-refractivity contribution in [1.82, 2.24) is 9.97 Å². The molecule has 0 aliphatic carbocycles. The van der Waals surface area contributed by atoms with Crippen LogP contribution >= 0.6 is 11.6 Å². The summed E-state index contributed by atoms with van der Waals surface area (Å²) in [5.41, 5.74) is 5.24. The highest BCUT2D eigenvalue weighted by Crippen LogP contribution is 2.28. The highest BCUT2D eigenvalue weighted by Gasteiger charge is 2.11. The number of aromatic nitrogens is 2. The Morgan fingerprint density at radius 2 is 1.79 bits per heavy atom. The third-order valence-electron chi connectivity index (χ3n) is 4.72. The van der Waals surface area contributed by atoms with Crippen LogP contribution in [0.4, 0.5) is 11.6 Å². The van der Waals surface area contributed by atoms with Gasteiger partial charge in [-0.3, -0.25) is 4.79 Å². The molecule has 4 rings (SSSR count). The highest BCUT2D eigenvalue weighted by atomic mass is 35.5. The molecule has 3 aromatic carbocycles. The van der Waals surface area contributed by atoms with Crippen molar-refractivity contribution in [1.29, 1.82) is 0 Å². The Labute approximate surface area is 173 Å². The molecule has 1 amide bonds. The molecule has 0 saturated carbocycles. The number of anilines is 2. The molecule has 0 unspecified atom stereocenters. The average Bonchev–Trinajstić information content (AvgIpc) is 2.75. The average molecular weight is 403 g/mol. The van der Waals surface area contributed by atoms with Gasteiger partial charge in [0.05, 0.1) is 5.52 Å². The summed E-state index contributed by atoms with van der Waals surface area (Å²) in [6.07, 6.45) is 1.80. The van der Waals surface area contributed by atoms with Crippen molar-refractivity contribution in [3.8, 4) is 11.1 Å². The number of carbonyl (C=O) groups is 1. The second-order valence-electron chi connectivity index (χ2n) is 6.71. The summed E-state index contributed by atoms with van der Waals surface area (Å²) in [5.74, 6) is 0.415. The van der Waals surface area contributed by atoms with Gasteiger partial charge in [0, 0.05) is 34.9 Å². The zero-order valence-electron chi connectivity index (χ0n) is 16.0. The van der Waals surface area contributed by atoms with Crippen molar-refractivity contribution in [3.63, 3.8) is 0 Å². The van der Waals surface area contributed by atoms with Gasteiger partial charge in [0.15, 0.2) is 0 Å². The molecule has 5 nitrogen and oxygen atoms in total. The number of rotatable bonds is 4. The van der Waals surface area contributed by atoms with Crippen molar-refractivity contribution in [3.05, 3.63) is 83.0 Å². The molecule has 4 aromatic rings. The summed E-state index contributed by atoms with van der Waals surface area (Å²) >= 11 is 5.90. The molecule has 29 heavy (non-hydrogen) atoms. The fraction of sp³-hybridized carbons (Fsp3) is 0.0870. The van der Waals surface area contributed by atoms with Gasteiger partial charge in [0.25, 0.3) is 5.91 Å². The minimum Gasteiger partial charge on any atom is -0.357 e. The van der Waals surface area contributed by atoms with E-state index in [0.717, 1.165) is 27.6 Å². The number of aryl methyl sites for hydroxylation is 1. The largest absolute Gasteiger partial charge is 0.357 e. The summed E-state index contributed by atoms with van der Waals surface area (Å²) in [6.45, 7) is 2.03. The van der Waals surface area contributed by atoms with Crippen molar-refractivity contribution >= 4 is 40.0 Å². The van der Waals surface area contributed by atoms with Crippen molar-refractivity contribution in [2.45, 2.75) is 6.92 Å². The van der Waals surface area contributed by atoms with Gasteiger partial charge in [-0.2, -0.15) is 0 Å². The van der Waals surface area contributed by atoms with Gasteiger partial charge in [-0.25, -0.2) is 9.97 Å².